The summed E-state index contributed by atoms with van der Waals surface area (Å²) in [5.41, 5.74) is -0.383. The van der Waals surface area contributed by atoms with Gasteiger partial charge >= 0.3 is 12.1 Å². The molecule has 1 unspecified atom stereocenters. The van der Waals surface area contributed by atoms with Gasteiger partial charge in [-0.25, -0.2) is 18.4 Å². The van der Waals surface area contributed by atoms with Gasteiger partial charge in [0.2, 0.25) is 5.43 Å². The fraction of sp³-hybridized carbons (Fsp3) is 0.444. The van der Waals surface area contributed by atoms with Gasteiger partial charge in [0.1, 0.15) is 17.2 Å². The molecule has 0 aliphatic heterocycles. The highest BCUT2D eigenvalue weighted by molar-refractivity contribution is 7.15. The van der Waals surface area contributed by atoms with Crippen LogP contribution in [-0.2, 0) is 11.2 Å². The van der Waals surface area contributed by atoms with E-state index in [1.807, 2.05) is 0 Å². The summed E-state index contributed by atoms with van der Waals surface area (Å²) in [5.74, 6) is -4.11. The normalized spacial score (nSPS) is 18.6. The number of rotatable bonds is 5. The fourth-order valence-electron chi connectivity index (χ4n) is 4.89. The van der Waals surface area contributed by atoms with Crippen molar-refractivity contribution in [3.8, 4) is 16.2 Å². The van der Waals surface area contributed by atoms with Crippen LogP contribution in [0.25, 0.3) is 21.3 Å². The molecule has 38 heavy (non-hydrogen) atoms. The van der Waals surface area contributed by atoms with E-state index in [9.17, 15) is 19.5 Å². The van der Waals surface area contributed by atoms with Crippen molar-refractivity contribution in [1.82, 2.24) is 9.88 Å². The van der Waals surface area contributed by atoms with Gasteiger partial charge in [0, 0.05) is 34.0 Å². The fourth-order valence-corrected chi connectivity index (χ4v) is 6.11. The minimum absolute atomic E-state index is 0.0398. The summed E-state index contributed by atoms with van der Waals surface area (Å²) in [6, 6.07) is 3.32. The monoisotopic (exact) mass is 546 g/mol. The van der Waals surface area contributed by atoms with Crippen LogP contribution in [0.5, 0.6) is 5.75 Å². The molecule has 1 atom stereocenters. The Labute approximate surface area is 221 Å². The standard InChI is InChI=1S/C27H28F2N2O6S/c1-26(2,3)37-25(35)30-23-16-11-19(38-18(16)9-10-27(23,28)29)14-7-8-15-20(22(14)36-4)31(13-5-6-13)12-17(21(15)32)24(33)34/h7-8,11-13,23H,5-6,9-10H2,1-4H3,(H,30,35)(H,33,34). The number of nitrogens with zero attached hydrogens (tertiary/aromatic N) is 1. The average molecular weight is 547 g/mol. The molecule has 1 fully saturated rings. The Morgan fingerprint density at radius 3 is 2.55 bits per heavy atom. The molecular formula is C27H28F2N2O6S. The van der Waals surface area contributed by atoms with Gasteiger partial charge in [-0.1, -0.05) is 0 Å². The van der Waals surface area contributed by atoms with Crippen LogP contribution in [0, 0.1) is 0 Å². The number of alkyl carbamates (subject to hydrolysis) is 1. The van der Waals surface area contributed by atoms with Gasteiger partial charge in [-0.15, -0.1) is 11.3 Å². The molecular weight excluding hydrogens is 518 g/mol. The second-order valence-electron chi connectivity index (χ2n) is 10.7. The number of hydrogen-bond acceptors (Lipinski definition) is 6. The molecule has 2 aliphatic rings. The number of amides is 1. The van der Waals surface area contributed by atoms with E-state index in [0.717, 1.165) is 17.7 Å². The Morgan fingerprint density at radius 1 is 1.24 bits per heavy atom. The maximum absolute atomic E-state index is 15.0. The largest absolute Gasteiger partial charge is 0.494 e. The van der Waals surface area contributed by atoms with Crippen LogP contribution >= 0.6 is 11.3 Å². The van der Waals surface area contributed by atoms with E-state index in [1.54, 1.807) is 43.5 Å². The predicted molar refractivity (Wildman–Crippen MR) is 139 cm³/mol. The third-order valence-electron chi connectivity index (χ3n) is 6.71. The number of fused-ring (bicyclic) bond motifs is 2. The summed E-state index contributed by atoms with van der Waals surface area (Å²) in [6.07, 6.45) is 1.83. The number of thiophene rings is 1. The number of halogens is 2. The van der Waals surface area contributed by atoms with Crippen molar-refractivity contribution < 1.29 is 33.0 Å². The molecule has 0 radical (unpaired) electrons. The molecule has 2 heterocycles. The molecule has 8 nitrogen and oxygen atoms in total. The van der Waals surface area contributed by atoms with Crippen molar-refractivity contribution in [2.24, 2.45) is 0 Å². The second kappa shape index (κ2) is 9.07. The van der Waals surface area contributed by atoms with Gasteiger partial charge in [0.15, 0.2) is 5.75 Å². The van der Waals surface area contributed by atoms with Gasteiger partial charge in [-0.2, -0.15) is 0 Å². The van der Waals surface area contributed by atoms with Crippen LogP contribution in [0.4, 0.5) is 13.6 Å². The highest BCUT2D eigenvalue weighted by atomic mass is 32.1. The van der Waals surface area contributed by atoms with Crippen LogP contribution in [0.2, 0.25) is 0 Å². The number of alkyl halides is 2. The molecule has 0 spiro atoms. The molecule has 202 valence electrons. The number of carboxylic acid groups (broad SMARTS) is 1. The second-order valence-corrected chi connectivity index (χ2v) is 11.8. The topological polar surface area (TPSA) is 107 Å². The number of benzene rings is 1. The zero-order chi connectivity index (χ0) is 27.6. The number of carboxylic acids is 1. The third-order valence-corrected chi connectivity index (χ3v) is 7.95. The summed E-state index contributed by atoms with van der Waals surface area (Å²) in [7, 11) is 1.46. The SMILES string of the molecule is COc1c(-c2cc3c(s2)CCC(F)(F)C3NC(=O)OC(C)(C)C)ccc2c(=O)c(C(=O)O)cn(C3CC3)c12. The lowest BCUT2D eigenvalue weighted by Crippen LogP contribution is -2.44. The van der Waals surface area contributed by atoms with Crippen molar-refractivity contribution in [2.75, 3.05) is 7.11 Å². The van der Waals surface area contributed by atoms with E-state index in [-0.39, 0.29) is 23.4 Å². The number of carbonyl (C=O) groups excluding carboxylic acids is 1. The van der Waals surface area contributed by atoms with Crippen molar-refractivity contribution in [2.45, 2.75) is 70.1 Å². The van der Waals surface area contributed by atoms with Gasteiger partial charge in [0.05, 0.1) is 18.0 Å². The predicted octanol–water partition coefficient (Wildman–Crippen LogP) is 5.92. The number of ether oxygens (including phenoxy) is 2. The Bertz CT molecular complexity index is 1520. The van der Waals surface area contributed by atoms with Crippen LogP contribution in [0.15, 0.2) is 29.2 Å². The lowest BCUT2D eigenvalue weighted by Gasteiger charge is -2.32. The maximum Gasteiger partial charge on any atom is 0.408 e. The summed E-state index contributed by atoms with van der Waals surface area (Å²) < 4.78 is 42.8. The Hall–Kier alpha value is -3.47. The number of aromatic nitrogens is 1. The van der Waals surface area contributed by atoms with E-state index in [4.69, 9.17) is 9.47 Å². The number of hydrogen-bond donors (Lipinski definition) is 2. The summed E-state index contributed by atoms with van der Waals surface area (Å²) in [5, 5.41) is 12.1. The summed E-state index contributed by atoms with van der Waals surface area (Å²) in [6.45, 7) is 4.98. The smallest absolute Gasteiger partial charge is 0.408 e. The zero-order valence-corrected chi connectivity index (χ0v) is 22.2. The van der Waals surface area contributed by atoms with Crippen LogP contribution < -0.4 is 15.5 Å². The number of pyridine rings is 1. The number of methoxy groups -OCH3 is 1. The van der Waals surface area contributed by atoms with E-state index in [0.29, 0.717) is 27.3 Å². The van der Waals surface area contributed by atoms with E-state index >= 15 is 8.78 Å². The number of nitrogens with one attached hydrogen (secondary N) is 1. The highest BCUT2D eigenvalue weighted by Gasteiger charge is 2.47. The lowest BCUT2D eigenvalue weighted by atomic mass is 9.89. The quantitative estimate of drug-likeness (QED) is 0.412. The third kappa shape index (κ3) is 4.63. The molecule has 3 aromatic rings. The van der Waals surface area contributed by atoms with Gasteiger partial charge in [-0.3, -0.25) is 4.79 Å². The van der Waals surface area contributed by atoms with Gasteiger partial charge in [-0.05, 0) is 63.8 Å². The van der Waals surface area contributed by atoms with E-state index < -0.39 is 41.5 Å². The first-order chi connectivity index (χ1) is 17.8. The Morgan fingerprint density at radius 2 is 1.95 bits per heavy atom. The van der Waals surface area contributed by atoms with Crippen molar-refractivity contribution in [3.05, 3.63) is 50.6 Å². The zero-order valence-electron chi connectivity index (χ0n) is 21.4. The average Bonchev–Trinajstić information content (AvgIpc) is 3.57. The molecule has 1 amide bonds. The Balaban J connectivity index is 1.63. The van der Waals surface area contributed by atoms with E-state index in [1.165, 1.54) is 24.6 Å². The van der Waals surface area contributed by atoms with E-state index in [2.05, 4.69) is 5.32 Å². The van der Waals surface area contributed by atoms with Crippen LogP contribution in [0.1, 0.15) is 72.9 Å². The molecule has 1 aromatic carbocycles. The summed E-state index contributed by atoms with van der Waals surface area (Å²) in [4.78, 5) is 38.4. The number of carbonyl (C=O) groups is 2. The number of aromatic carboxylic acids is 1. The van der Waals surface area contributed by atoms with Gasteiger partial charge < -0.3 is 24.5 Å². The molecule has 2 aliphatic carbocycles. The lowest BCUT2D eigenvalue weighted by molar-refractivity contribution is -0.0539. The minimum Gasteiger partial charge on any atom is -0.494 e. The van der Waals surface area contributed by atoms with Crippen molar-refractivity contribution in [3.63, 3.8) is 0 Å². The molecule has 11 heteroatoms. The minimum atomic E-state index is -3.17. The first kappa shape index (κ1) is 26.1. The molecule has 2 N–H and O–H groups in total. The van der Waals surface area contributed by atoms with Crippen molar-refractivity contribution in [1.29, 1.82) is 0 Å². The van der Waals surface area contributed by atoms with Crippen LogP contribution in [-0.4, -0.2) is 40.4 Å². The first-order valence-corrected chi connectivity index (χ1v) is 13.1. The molecule has 0 bridgehead atoms. The van der Waals surface area contributed by atoms with Crippen molar-refractivity contribution >= 4 is 34.3 Å². The van der Waals surface area contributed by atoms with Crippen LogP contribution in [0.3, 0.4) is 0 Å². The maximum atomic E-state index is 15.0. The Kier molecular flexibility index (Phi) is 6.24. The summed E-state index contributed by atoms with van der Waals surface area (Å²) >= 11 is 1.33. The molecule has 2 aromatic heterocycles. The molecule has 5 rings (SSSR count). The number of aryl methyl sites for hydroxylation is 1. The first-order valence-electron chi connectivity index (χ1n) is 12.3. The molecule has 1 saturated carbocycles. The molecule has 0 saturated heterocycles. The van der Waals surface area contributed by atoms with Gasteiger partial charge in [0.25, 0.3) is 5.92 Å². The highest BCUT2D eigenvalue weighted by Crippen LogP contribution is 2.49.